The molecule has 7 heteroatoms. The summed E-state index contributed by atoms with van der Waals surface area (Å²) in [6.45, 7) is 3.46. The summed E-state index contributed by atoms with van der Waals surface area (Å²) in [4.78, 5) is 22.5. The quantitative estimate of drug-likeness (QED) is 0.662. The summed E-state index contributed by atoms with van der Waals surface area (Å²) in [5.74, 6) is -0.413. The van der Waals surface area contributed by atoms with Gasteiger partial charge >= 0.3 is 5.69 Å². The van der Waals surface area contributed by atoms with Gasteiger partial charge in [-0.2, -0.15) is 0 Å². The van der Waals surface area contributed by atoms with Gasteiger partial charge < -0.3 is 10.1 Å². The lowest BCUT2D eigenvalue weighted by Crippen LogP contribution is -2.30. The molecule has 0 unspecified atom stereocenters. The van der Waals surface area contributed by atoms with Crippen LogP contribution in [0.25, 0.3) is 0 Å². The van der Waals surface area contributed by atoms with E-state index >= 15 is 0 Å². The van der Waals surface area contributed by atoms with Crippen molar-refractivity contribution in [3.63, 3.8) is 0 Å². The first-order valence-corrected chi connectivity index (χ1v) is 7.23. The zero-order chi connectivity index (χ0) is 17.0. The van der Waals surface area contributed by atoms with Gasteiger partial charge in [0.05, 0.1) is 4.92 Å². The Morgan fingerprint density at radius 2 is 1.91 bits per heavy atom. The van der Waals surface area contributed by atoms with Crippen LogP contribution in [0.4, 0.5) is 11.4 Å². The van der Waals surface area contributed by atoms with Gasteiger partial charge in [0.25, 0.3) is 5.91 Å². The van der Waals surface area contributed by atoms with Crippen LogP contribution < -0.4 is 10.1 Å². The SMILES string of the molecule is Cc1ccc(NC(=O)[C@H](C)Oc2ccc(Cl)cc2[N+](=O)[O-])cc1. The maximum Gasteiger partial charge on any atom is 0.312 e. The molecular weight excluding hydrogens is 320 g/mol. The van der Waals surface area contributed by atoms with E-state index in [9.17, 15) is 14.9 Å². The van der Waals surface area contributed by atoms with Crippen LogP contribution >= 0.6 is 11.6 Å². The predicted octanol–water partition coefficient (Wildman–Crippen LogP) is 3.96. The first-order chi connectivity index (χ1) is 10.9. The minimum atomic E-state index is -0.906. The molecule has 23 heavy (non-hydrogen) atoms. The molecule has 2 aromatic rings. The normalized spacial score (nSPS) is 11.6. The smallest absolute Gasteiger partial charge is 0.312 e. The second kappa shape index (κ2) is 7.11. The lowest BCUT2D eigenvalue weighted by Gasteiger charge is -2.15. The van der Waals surface area contributed by atoms with Crippen LogP contribution in [-0.2, 0) is 4.79 Å². The van der Waals surface area contributed by atoms with Crippen molar-refractivity contribution in [3.8, 4) is 5.75 Å². The van der Waals surface area contributed by atoms with Gasteiger partial charge in [-0.3, -0.25) is 14.9 Å². The fourth-order valence-corrected chi connectivity index (χ4v) is 2.02. The van der Waals surface area contributed by atoms with Gasteiger partial charge in [0.2, 0.25) is 0 Å². The van der Waals surface area contributed by atoms with Crippen LogP contribution in [-0.4, -0.2) is 16.9 Å². The average molecular weight is 335 g/mol. The molecule has 0 saturated carbocycles. The standard InChI is InChI=1S/C16H15ClN2O4/c1-10-3-6-13(7-4-10)18-16(20)11(2)23-15-8-5-12(17)9-14(15)19(21)22/h3-9,11H,1-2H3,(H,18,20)/t11-/m0/s1. The van der Waals surface area contributed by atoms with E-state index in [0.717, 1.165) is 5.56 Å². The van der Waals surface area contributed by atoms with E-state index in [0.29, 0.717) is 5.69 Å². The third-order valence-corrected chi connectivity index (χ3v) is 3.34. The van der Waals surface area contributed by atoms with Gasteiger partial charge in [0, 0.05) is 16.8 Å². The molecule has 1 atom stereocenters. The van der Waals surface area contributed by atoms with Crippen molar-refractivity contribution in [2.24, 2.45) is 0 Å². The van der Waals surface area contributed by atoms with Crippen LogP contribution in [0.3, 0.4) is 0 Å². The number of hydrogen-bond donors (Lipinski definition) is 1. The van der Waals surface area contributed by atoms with Crippen molar-refractivity contribution in [1.29, 1.82) is 0 Å². The highest BCUT2D eigenvalue weighted by Crippen LogP contribution is 2.30. The number of nitrogens with one attached hydrogen (secondary N) is 1. The fraction of sp³-hybridized carbons (Fsp3) is 0.188. The summed E-state index contributed by atoms with van der Waals surface area (Å²) in [5, 5.41) is 13.9. The van der Waals surface area contributed by atoms with Gasteiger partial charge in [0.15, 0.2) is 11.9 Å². The zero-order valence-electron chi connectivity index (χ0n) is 12.6. The Hall–Kier alpha value is -2.60. The van der Waals surface area contributed by atoms with Gasteiger partial charge in [-0.1, -0.05) is 29.3 Å². The lowest BCUT2D eigenvalue weighted by atomic mass is 10.2. The molecule has 0 saturated heterocycles. The highest BCUT2D eigenvalue weighted by Gasteiger charge is 2.21. The van der Waals surface area contributed by atoms with E-state index in [4.69, 9.17) is 16.3 Å². The molecule has 2 rings (SSSR count). The molecule has 0 spiro atoms. The number of hydrogen-bond acceptors (Lipinski definition) is 4. The molecule has 0 aliphatic rings. The first kappa shape index (κ1) is 16.8. The number of anilines is 1. The topological polar surface area (TPSA) is 81.5 Å². The molecule has 1 N–H and O–H groups in total. The number of nitro benzene ring substituents is 1. The predicted molar refractivity (Wildman–Crippen MR) is 88.0 cm³/mol. The minimum absolute atomic E-state index is 0.00837. The van der Waals surface area contributed by atoms with E-state index in [1.807, 2.05) is 19.1 Å². The monoisotopic (exact) mass is 334 g/mol. The number of nitrogens with zero attached hydrogens (tertiary/aromatic N) is 1. The Morgan fingerprint density at radius 3 is 2.52 bits per heavy atom. The number of nitro groups is 1. The molecule has 120 valence electrons. The van der Waals surface area contributed by atoms with Crippen molar-refractivity contribution in [1.82, 2.24) is 0 Å². The van der Waals surface area contributed by atoms with Crippen LogP contribution in [0, 0.1) is 17.0 Å². The highest BCUT2D eigenvalue weighted by atomic mass is 35.5. The van der Waals surface area contributed by atoms with Gasteiger partial charge in [-0.25, -0.2) is 0 Å². The number of halogens is 1. The van der Waals surface area contributed by atoms with Crippen LogP contribution in [0.5, 0.6) is 5.75 Å². The first-order valence-electron chi connectivity index (χ1n) is 6.85. The number of aryl methyl sites for hydroxylation is 1. The molecule has 0 fully saturated rings. The van der Waals surface area contributed by atoms with Gasteiger partial charge in [0.1, 0.15) is 0 Å². The summed E-state index contributed by atoms with van der Waals surface area (Å²) in [5.41, 5.74) is 1.42. The summed E-state index contributed by atoms with van der Waals surface area (Å²) >= 11 is 5.74. The van der Waals surface area contributed by atoms with Crippen molar-refractivity contribution in [2.45, 2.75) is 20.0 Å². The average Bonchev–Trinajstić information content (AvgIpc) is 2.51. The lowest BCUT2D eigenvalue weighted by molar-refractivity contribution is -0.386. The highest BCUT2D eigenvalue weighted by molar-refractivity contribution is 6.30. The Kier molecular flexibility index (Phi) is 5.18. The maximum absolute atomic E-state index is 12.1. The van der Waals surface area contributed by atoms with E-state index in [1.54, 1.807) is 12.1 Å². The molecule has 0 aliphatic heterocycles. The molecule has 6 nitrogen and oxygen atoms in total. The second-order valence-corrected chi connectivity index (χ2v) is 5.42. The van der Waals surface area contributed by atoms with E-state index < -0.39 is 16.9 Å². The van der Waals surface area contributed by atoms with E-state index in [2.05, 4.69) is 5.32 Å². The maximum atomic E-state index is 12.1. The Balaban J connectivity index is 2.09. The van der Waals surface area contributed by atoms with Crippen molar-refractivity contribution in [2.75, 3.05) is 5.32 Å². The summed E-state index contributed by atoms with van der Waals surface area (Å²) in [7, 11) is 0. The molecule has 0 aliphatic carbocycles. The molecular formula is C16H15ClN2O4. The number of carbonyl (C=O) groups excluding carboxylic acids is 1. The third-order valence-electron chi connectivity index (χ3n) is 3.11. The second-order valence-electron chi connectivity index (χ2n) is 4.98. The van der Waals surface area contributed by atoms with Gasteiger partial charge in [-0.05, 0) is 38.1 Å². The van der Waals surface area contributed by atoms with Crippen molar-refractivity contribution < 1.29 is 14.5 Å². The number of ether oxygens (including phenoxy) is 1. The van der Waals surface area contributed by atoms with Crippen molar-refractivity contribution >= 4 is 28.9 Å². The van der Waals surface area contributed by atoms with Crippen LogP contribution in [0.1, 0.15) is 12.5 Å². The Morgan fingerprint density at radius 1 is 1.26 bits per heavy atom. The van der Waals surface area contributed by atoms with E-state index in [-0.39, 0.29) is 16.5 Å². The molecule has 2 aromatic carbocycles. The summed E-state index contributed by atoms with van der Waals surface area (Å²) in [6.07, 6.45) is -0.906. The fourth-order valence-electron chi connectivity index (χ4n) is 1.86. The number of rotatable bonds is 5. The number of benzene rings is 2. The number of amides is 1. The molecule has 1 amide bonds. The minimum Gasteiger partial charge on any atom is -0.474 e. The largest absolute Gasteiger partial charge is 0.474 e. The zero-order valence-corrected chi connectivity index (χ0v) is 13.3. The van der Waals surface area contributed by atoms with Crippen LogP contribution in [0.2, 0.25) is 5.02 Å². The summed E-state index contributed by atoms with van der Waals surface area (Å²) < 4.78 is 5.41. The third kappa shape index (κ3) is 4.43. The number of carbonyl (C=O) groups is 1. The molecule has 0 radical (unpaired) electrons. The van der Waals surface area contributed by atoms with Gasteiger partial charge in [-0.15, -0.1) is 0 Å². The van der Waals surface area contributed by atoms with Crippen LogP contribution in [0.15, 0.2) is 42.5 Å². The molecule has 0 heterocycles. The Labute approximate surface area is 138 Å². The van der Waals surface area contributed by atoms with Crippen molar-refractivity contribution in [3.05, 3.63) is 63.2 Å². The van der Waals surface area contributed by atoms with E-state index in [1.165, 1.54) is 25.1 Å². The summed E-state index contributed by atoms with van der Waals surface area (Å²) in [6, 6.07) is 11.3. The Bertz CT molecular complexity index is 731. The molecule has 0 bridgehead atoms. The molecule has 0 aromatic heterocycles.